The van der Waals surface area contributed by atoms with Crippen molar-refractivity contribution in [2.45, 2.75) is 6.92 Å². The van der Waals surface area contributed by atoms with Gasteiger partial charge in [-0.3, -0.25) is 0 Å². The molecule has 0 saturated heterocycles. The van der Waals surface area contributed by atoms with E-state index in [1.54, 1.807) is 30.4 Å². The largest absolute Gasteiger partial charge is 0.462 e. The summed E-state index contributed by atoms with van der Waals surface area (Å²) in [6.07, 6.45) is 0. The van der Waals surface area contributed by atoms with Gasteiger partial charge in [0.25, 0.3) is 5.82 Å². The van der Waals surface area contributed by atoms with Crippen LogP contribution < -0.4 is 27.4 Å². The van der Waals surface area contributed by atoms with Crippen molar-refractivity contribution in [3.63, 3.8) is 0 Å². The number of nitrogens with two attached hydrogens (primary N) is 2. The lowest BCUT2D eigenvalue weighted by atomic mass is 10.1. The van der Waals surface area contributed by atoms with E-state index in [-0.39, 0.29) is 5.97 Å². The number of esters is 1. The summed E-state index contributed by atoms with van der Waals surface area (Å²) in [5.74, 6) is 11.8. The van der Waals surface area contributed by atoms with Crippen LogP contribution in [0.3, 0.4) is 0 Å². The molecule has 2 heterocycles. The number of ether oxygens (including phenoxy) is 1. The number of fused-ring (bicyclic) bond motifs is 3. The first kappa shape index (κ1) is 19.6. The number of pyridine rings is 1. The van der Waals surface area contributed by atoms with E-state index < -0.39 is 0 Å². The van der Waals surface area contributed by atoms with Crippen LogP contribution in [-0.4, -0.2) is 18.4 Å². The molecule has 2 aromatic heterocycles. The molecule has 0 aliphatic rings. The van der Waals surface area contributed by atoms with E-state index in [0.717, 1.165) is 38.1 Å². The summed E-state index contributed by atoms with van der Waals surface area (Å²) in [5, 5.41) is 11.2. The highest BCUT2D eigenvalue weighted by Crippen LogP contribution is 2.33. The predicted molar refractivity (Wildman–Crippen MR) is 120 cm³/mol. The van der Waals surface area contributed by atoms with Crippen LogP contribution in [0.5, 0.6) is 0 Å². The molecule has 0 unspecified atom stereocenters. The zero-order valence-corrected chi connectivity index (χ0v) is 17.0. The van der Waals surface area contributed by atoms with Crippen LogP contribution in [0.1, 0.15) is 22.8 Å². The Labute approximate surface area is 176 Å². The molecule has 4 rings (SSSR count). The van der Waals surface area contributed by atoms with Gasteiger partial charge >= 0.3 is 5.97 Å². The molecule has 8 nitrogen and oxygen atoms in total. The maximum absolute atomic E-state index is 12.1. The summed E-state index contributed by atoms with van der Waals surface area (Å²) < 4.78 is 6.23. The quantitative estimate of drug-likeness (QED) is 0.129. The number of amidine groups is 1. The van der Waals surface area contributed by atoms with Crippen LogP contribution in [0, 0.1) is 0 Å². The first-order chi connectivity index (χ1) is 14.6. The molecular formula is C21H21N6O2S+. The fourth-order valence-electron chi connectivity index (χ4n) is 3.29. The standard InChI is InChI=1S/C21H20N6O2S/c1-2-29-21(28)13-4-3-5-14(10-13)24-20-16-8-9-30-18(16)15-7-6-12(11-17(15)25-20)19(26-22)27-23/h3-11H,2,22-23H2,1H3,(H,24,25)(H,26,27)/p+1. The first-order valence-corrected chi connectivity index (χ1v) is 10.2. The molecule has 0 aliphatic carbocycles. The average Bonchev–Trinajstić information content (AvgIpc) is 3.25. The molecule has 0 amide bonds. The number of nitrogens with zero attached hydrogens (tertiary/aromatic N) is 1. The molecule has 0 bridgehead atoms. The molecule has 0 fully saturated rings. The molecule has 0 spiro atoms. The van der Waals surface area contributed by atoms with Crippen molar-refractivity contribution in [3.05, 3.63) is 65.0 Å². The highest BCUT2D eigenvalue weighted by molar-refractivity contribution is 7.18. The fourth-order valence-corrected chi connectivity index (χ4v) is 4.23. The maximum atomic E-state index is 12.1. The zero-order valence-electron chi connectivity index (χ0n) is 16.2. The number of aromatic nitrogens is 1. The molecule has 0 radical (unpaired) electrons. The number of carbonyl (C=O) groups is 1. The van der Waals surface area contributed by atoms with Gasteiger partial charge in [-0.1, -0.05) is 12.1 Å². The SMILES string of the molecule is CCOC(=O)c1cccc(Nc2[nH+]c3cc(/C(=N/N)NN)ccc3c3sccc23)c1. The Balaban J connectivity index is 1.79. The number of hydrogen-bond donors (Lipinski definition) is 4. The van der Waals surface area contributed by atoms with Crippen LogP contribution in [-0.2, 0) is 4.74 Å². The number of benzene rings is 2. The summed E-state index contributed by atoms with van der Waals surface area (Å²) in [7, 11) is 0. The van der Waals surface area contributed by atoms with Crippen LogP contribution in [0.15, 0.2) is 59.0 Å². The molecule has 7 N–H and O–H groups in total. The van der Waals surface area contributed by atoms with Crippen LogP contribution in [0.25, 0.3) is 21.0 Å². The summed E-state index contributed by atoms with van der Waals surface area (Å²) in [4.78, 5) is 15.5. The Morgan fingerprint density at radius 1 is 1.17 bits per heavy atom. The maximum Gasteiger partial charge on any atom is 0.338 e. The van der Waals surface area contributed by atoms with Gasteiger partial charge < -0.3 is 16.0 Å². The Bertz CT molecular complexity index is 1270. The number of carbonyl (C=O) groups excluding carboxylic acids is 1. The molecule has 4 aromatic rings. The number of hydrazone groups is 1. The number of thiophene rings is 1. The third-order valence-electron chi connectivity index (χ3n) is 4.64. The van der Waals surface area contributed by atoms with Gasteiger partial charge in [-0.15, -0.1) is 11.3 Å². The van der Waals surface area contributed by atoms with Crippen LogP contribution >= 0.6 is 11.3 Å². The molecule has 152 valence electrons. The summed E-state index contributed by atoms with van der Waals surface area (Å²) >= 11 is 1.65. The molecule has 30 heavy (non-hydrogen) atoms. The number of rotatable bonds is 5. The lowest BCUT2D eigenvalue weighted by Crippen LogP contribution is -2.32. The molecule has 0 aliphatic heterocycles. The van der Waals surface area contributed by atoms with E-state index in [0.29, 0.717) is 18.0 Å². The number of H-pyrrole nitrogens is 1. The molecular weight excluding hydrogens is 400 g/mol. The van der Waals surface area contributed by atoms with Crippen molar-refractivity contribution < 1.29 is 14.5 Å². The van der Waals surface area contributed by atoms with Gasteiger partial charge in [-0.2, -0.15) is 5.10 Å². The number of hydrazine groups is 1. The van der Waals surface area contributed by atoms with Gasteiger partial charge in [0, 0.05) is 10.9 Å². The van der Waals surface area contributed by atoms with Gasteiger partial charge in [-0.05, 0) is 48.7 Å². The van der Waals surface area contributed by atoms with Gasteiger partial charge in [0.2, 0.25) is 0 Å². The number of aromatic amines is 1. The Kier molecular flexibility index (Phi) is 5.46. The topological polar surface area (TPSA) is 129 Å². The Morgan fingerprint density at radius 3 is 2.80 bits per heavy atom. The molecule has 2 aromatic carbocycles. The van der Waals surface area contributed by atoms with Crippen molar-refractivity contribution in [2.24, 2.45) is 16.8 Å². The van der Waals surface area contributed by atoms with E-state index in [4.69, 9.17) is 16.4 Å². The second-order valence-electron chi connectivity index (χ2n) is 6.47. The number of hydrogen-bond acceptors (Lipinski definition) is 7. The zero-order chi connectivity index (χ0) is 21.1. The fraction of sp³-hybridized carbons (Fsp3) is 0.0952. The van der Waals surface area contributed by atoms with E-state index in [1.807, 2.05) is 35.7 Å². The first-order valence-electron chi connectivity index (χ1n) is 9.30. The average molecular weight is 422 g/mol. The molecule has 0 saturated carbocycles. The van der Waals surface area contributed by atoms with Crippen molar-refractivity contribution in [1.82, 2.24) is 5.43 Å². The van der Waals surface area contributed by atoms with Gasteiger partial charge in [0.05, 0.1) is 22.3 Å². The van der Waals surface area contributed by atoms with E-state index >= 15 is 0 Å². The summed E-state index contributed by atoms with van der Waals surface area (Å²) in [6, 6.07) is 15.1. The molecule has 0 atom stereocenters. The highest BCUT2D eigenvalue weighted by atomic mass is 32.1. The summed E-state index contributed by atoms with van der Waals surface area (Å²) in [6.45, 7) is 2.12. The van der Waals surface area contributed by atoms with Crippen molar-refractivity contribution >= 4 is 55.6 Å². The van der Waals surface area contributed by atoms with E-state index in [2.05, 4.69) is 26.9 Å². The lowest BCUT2D eigenvalue weighted by Gasteiger charge is -2.07. The van der Waals surface area contributed by atoms with Gasteiger partial charge in [0.1, 0.15) is 11.2 Å². The third-order valence-corrected chi connectivity index (χ3v) is 5.59. The van der Waals surface area contributed by atoms with E-state index in [9.17, 15) is 4.79 Å². The highest BCUT2D eigenvalue weighted by Gasteiger charge is 2.17. The van der Waals surface area contributed by atoms with Crippen molar-refractivity contribution in [3.8, 4) is 0 Å². The second-order valence-corrected chi connectivity index (χ2v) is 7.39. The van der Waals surface area contributed by atoms with Crippen LogP contribution in [0.2, 0.25) is 0 Å². The number of nitrogens with one attached hydrogen (secondary N) is 3. The second kappa shape index (κ2) is 8.36. The van der Waals surface area contributed by atoms with Crippen LogP contribution in [0.4, 0.5) is 11.5 Å². The van der Waals surface area contributed by atoms with Crippen molar-refractivity contribution in [1.29, 1.82) is 0 Å². The Hall–Kier alpha value is -3.69. The van der Waals surface area contributed by atoms with Gasteiger partial charge in [-0.25, -0.2) is 20.9 Å². The number of anilines is 2. The monoisotopic (exact) mass is 421 g/mol. The smallest absolute Gasteiger partial charge is 0.338 e. The van der Waals surface area contributed by atoms with Crippen molar-refractivity contribution in [2.75, 3.05) is 11.9 Å². The van der Waals surface area contributed by atoms with E-state index in [1.165, 1.54) is 0 Å². The third kappa shape index (κ3) is 3.63. The minimum Gasteiger partial charge on any atom is -0.462 e. The van der Waals surface area contributed by atoms with Gasteiger partial charge in [0.15, 0.2) is 5.84 Å². The Morgan fingerprint density at radius 2 is 2.03 bits per heavy atom. The minimum absolute atomic E-state index is 0.332. The molecule has 9 heteroatoms. The summed E-state index contributed by atoms with van der Waals surface area (Å²) in [5.41, 5.74) is 5.41. The lowest BCUT2D eigenvalue weighted by molar-refractivity contribution is -0.325. The normalized spacial score (nSPS) is 11.6. The predicted octanol–water partition coefficient (Wildman–Crippen LogP) is 2.87. The minimum atomic E-state index is -0.350.